The van der Waals surface area contributed by atoms with Crippen molar-refractivity contribution in [2.24, 2.45) is 5.73 Å². The number of halogens is 2. The van der Waals surface area contributed by atoms with Gasteiger partial charge in [-0.05, 0) is 12.1 Å². The summed E-state index contributed by atoms with van der Waals surface area (Å²) in [5, 5.41) is 2.10. The Kier molecular flexibility index (Phi) is 2.23. The van der Waals surface area contributed by atoms with Crippen LogP contribution >= 0.6 is 0 Å². The fourth-order valence-electron chi connectivity index (χ4n) is 0.716. The molecule has 0 aromatic heterocycles. The van der Waals surface area contributed by atoms with Gasteiger partial charge in [-0.15, -0.1) is 0 Å². The summed E-state index contributed by atoms with van der Waals surface area (Å²) in [7, 11) is 0. The van der Waals surface area contributed by atoms with E-state index in [1.807, 2.05) is 0 Å². The minimum Gasteiger partial charge on any atom is -0.351 e. The first kappa shape index (κ1) is 8.45. The van der Waals surface area contributed by atoms with E-state index in [9.17, 15) is 13.6 Å². The Morgan fingerprint density at radius 3 is 2.50 bits per heavy atom. The first-order valence-corrected chi connectivity index (χ1v) is 3.11. The summed E-state index contributed by atoms with van der Waals surface area (Å²) in [5.41, 5.74) is 4.87. The van der Waals surface area contributed by atoms with Crippen molar-refractivity contribution in [3.8, 4) is 0 Å². The molecule has 12 heavy (non-hydrogen) atoms. The van der Waals surface area contributed by atoms with E-state index in [1.165, 1.54) is 6.07 Å². The maximum Gasteiger partial charge on any atom is 0.316 e. The third-order valence-corrected chi connectivity index (χ3v) is 1.19. The predicted molar refractivity (Wildman–Crippen MR) is 39.6 cm³/mol. The molecule has 5 heteroatoms. The monoisotopic (exact) mass is 172 g/mol. The van der Waals surface area contributed by atoms with E-state index in [4.69, 9.17) is 5.73 Å². The molecule has 0 unspecified atom stereocenters. The first-order valence-electron chi connectivity index (χ1n) is 3.11. The Labute approximate surface area is 67.2 Å². The van der Waals surface area contributed by atoms with Crippen LogP contribution in [0.1, 0.15) is 0 Å². The Balaban J connectivity index is 2.89. The van der Waals surface area contributed by atoms with Crippen molar-refractivity contribution in [2.75, 3.05) is 5.32 Å². The molecule has 1 aromatic rings. The summed E-state index contributed by atoms with van der Waals surface area (Å²) in [6.45, 7) is 0. The minimum absolute atomic E-state index is 0.126. The number of nitrogens with two attached hydrogens (primary N) is 1. The van der Waals surface area contributed by atoms with Crippen molar-refractivity contribution >= 4 is 11.7 Å². The molecule has 0 aliphatic heterocycles. The number of carbonyl (C=O) groups is 1. The fourth-order valence-corrected chi connectivity index (χ4v) is 0.716. The number of carbonyl (C=O) groups excluding carboxylic acids is 1. The number of benzene rings is 1. The maximum atomic E-state index is 12.5. The molecule has 0 fully saturated rings. The number of primary amides is 1. The quantitative estimate of drug-likeness (QED) is 0.661. The molecule has 0 radical (unpaired) electrons. The number of amides is 2. The molecule has 2 amide bonds. The van der Waals surface area contributed by atoms with Crippen LogP contribution in [0.25, 0.3) is 0 Å². The van der Waals surface area contributed by atoms with Gasteiger partial charge in [0.25, 0.3) is 0 Å². The summed E-state index contributed by atoms with van der Waals surface area (Å²) in [4.78, 5) is 10.3. The highest BCUT2D eigenvalue weighted by Gasteiger charge is 2.02. The highest BCUT2D eigenvalue weighted by Crippen LogP contribution is 2.12. The second-order valence-corrected chi connectivity index (χ2v) is 2.12. The summed E-state index contributed by atoms with van der Waals surface area (Å²) in [6.07, 6.45) is 0. The van der Waals surface area contributed by atoms with Crippen molar-refractivity contribution in [2.45, 2.75) is 0 Å². The van der Waals surface area contributed by atoms with Gasteiger partial charge >= 0.3 is 6.03 Å². The average Bonchev–Trinajstić information content (AvgIpc) is 1.96. The molecular formula is C7H6F2N2O. The Morgan fingerprint density at radius 1 is 1.33 bits per heavy atom. The third-order valence-electron chi connectivity index (χ3n) is 1.19. The van der Waals surface area contributed by atoms with Crippen LogP contribution in [0.3, 0.4) is 0 Å². The molecule has 0 aliphatic rings. The van der Waals surface area contributed by atoms with Gasteiger partial charge in [-0.2, -0.15) is 0 Å². The van der Waals surface area contributed by atoms with Gasteiger partial charge in [0.15, 0.2) is 11.6 Å². The standard InChI is InChI=1S/C7H6F2N2O/c8-5-2-1-4(3-6(5)9)11-7(10)12/h1-3H,(H3,10,11,12). The maximum absolute atomic E-state index is 12.5. The summed E-state index contributed by atoms with van der Waals surface area (Å²) >= 11 is 0. The lowest BCUT2D eigenvalue weighted by molar-refractivity contribution is 0.259. The van der Waals surface area contributed by atoms with Gasteiger partial charge in [-0.25, -0.2) is 13.6 Å². The van der Waals surface area contributed by atoms with Gasteiger partial charge in [0.05, 0.1) is 0 Å². The van der Waals surface area contributed by atoms with Crippen molar-refractivity contribution in [3.63, 3.8) is 0 Å². The van der Waals surface area contributed by atoms with Gasteiger partial charge < -0.3 is 11.1 Å². The lowest BCUT2D eigenvalue weighted by Crippen LogP contribution is -2.19. The van der Waals surface area contributed by atoms with Crippen molar-refractivity contribution in [3.05, 3.63) is 29.8 Å². The molecule has 64 valence electrons. The molecule has 0 bridgehead atoms. The van der Waals surface area contributed by atoms with Crippen LogP contribution in [0.5, 0.6) is 0 Å². The van der Waals surface area contributed by atoms with E-state index in [1.54, 1.807) is 0 Å². The van der Waals surface area contributed by atoms with Crippen molar-refractivity contribution in [1.29, 1.82) is 0 Å². The summed E-state index contributed by atoms with van der Waals surface area (Å²) in [5.74, 6) is -1.99. The van der Waals surface area contributed by atoms with E-state index in [-0.39, 0.29) is 5.69 Å². The van der Waals surface area contributed by atoms with Crippen LogP contribution in [0.4, 0.5) is 19.3 Å². The number of hydrogen-bond donors (Lipinski definition) is 2. The molecule has 0 atom stereocenters. The Bertz CT molecular complexity index is 314. The summed E-state index contributed by atoms with van der Waals surface area (Å²) < 4.78 is 24.8. The van der Waals surface area contributed by atoms with Crippen molar-refractivity contribution in [1.82, 2.24) is 0 Å². The van der Waals surface area contributed by atoms with E-state index in [2.05, 4.69) is 5.32 Å². The zero-order chi connectivity index (χ0) is 9.14. The zero-order valence-corrected chi connectivity index (χ0v) is 5.97. The lowest BCUT2D eigenvalue weighted by Gasteiger charge is -2.00. The fraction of sp³-hybridized carbons (Fsp3) is 0. The average molecular weight is 172 g/mol. The molecule has 0 saturated heterocycles. The second kappa shape index (κ2) is 3.17. The molecule has 3 N–H and O–H groups in total. The van der Waals surface area contributed by atoms with Crippen LogP contribution in [-0.2, 0) is 0 Å². The molecule has 0 saturated carbocycles. The van der Waals surface area contributed by atoms with Crippen LogP contribution in [0.2, 0.25) is 0 Å². The van der Waals surface area contributed by atoms with Crippen molar-refractivity contribution < 1.29 is 13.6 Å². The van der Waals surface area contributed by atoms with Crippen LogP contribution in [0.15, 0.2) is 18.2 Å². The number of rotatable bonds is 1. The molecule has 0 aliphatic carbocycles. The highest BCUT2D eigenvalue weighted by molar-refractivity contribution is 5.87. The Hall–Kier alpha value is -1.65. The van der Waals surface area contributed by atoms with E-state index in [0.29, 0.717) is 0 Å². The molecule has 3 nitrogen and oxygen atoms in total. The normalized spacial score (nSPS) is 9.50. The third kappa shape index (κ3) is 1.91. The number of urea groups is 1. The molecule has 1 aromatic carbocycles. The SMILES string of the molecule is NC(=O)Nc1ccc(F)c(F)c1. The smallest absolute Gasteiger partial charge is 0.316 e. The van der Waals surface area contributed by atoms with Crippen LogP contribution in [0, 0.1) is 11.6 Å². The van der Waals surface area contributed by atoms with E-state index >= 15 is 0 Å². The largest absolute Gasteiger partial charge is 0.351 e. The molecular weight excluding hydrogens is 166 g/mol. The van der Waals surface area contributed by atoms with Gasteiger partial charge in [-0.3, -0.25) is 0 Å². The van der Waals surface area contributed by atoms with Crippen LogP contribution in [-0.4, -0.2) is 6.03 Å². The van der Waals surface area contributed by atoms with Crippen LogP contribution < -0.4 is 11.1 Å². The van der Waals surface area contributed by atoms with Gasteiger partial charge in [0, 0.05) is 11.8 Å². The molecule has 0 heterocycles. The Morgan fingerprint density at radius 2 is 2.00 bits per heavy atom. The topological polar surface area (TPSA) is 55.1 Å². The second-order valence-electron chi connectivity index (χ2n) is 2.12. The lowest BCUT2D eigenvalue weighted by atomic mass is 10.3. The molecule has 1 rings (SSSR count). The number of anilines is 1. The van der Waals surface area contributed by atoms with E-state index in [0.717, 1.165) is 12.1 Å². The minimum atomic E-state index is -1.03. The van der Waals surface area contributed by atoms with Gasteiger partial charge in [-0.1, -0.05) is 0 Å². The first-order chi connectivity index (χ1) is 5.59. The predicted octanol–water partition coefficient (Wildman–Crippen LogP) is 1.46. The van der Waals surface area contributed by atoms with Gasteiger partial charge in [0.2, 0.25) is 0 Å². The number of nitrogens with one attached hydrogen (secondary N) is 1. The van der Waals surface area contributed by atoms with E-state index < -0.39 is 17.7 Å². The number of hydrogen-bond acceptors (Lipinski definition) is 1. The zero-order valence-electron chi connectivity index (χ0n) is 5.97. The summed E-state index contributed by atoms with van der Waals surface area (Å²) in [6, 6.07) is 2.14. The highest BCUT2D eigenvalue weighted by atomic mass is 19.2. The molecule has 0 spiro atoms. The van der Waals surface area contributed by atoms with Gasteiger partial charge in [0.1, 0.15) is 0 Å².